The molecule has 1 N–H and O–H groups in total. The third-order valence-electron chi connectivity index (χ3n) is 5.68. The Morgan fingerprint density at radius 2 is 1.97 bits per heavy atom. The molecule has 0 bridgehead atoms. The first-order valence-corrected chi connectivity index (χ1v) is 12.0. The normalized spacial score (nSPS) is 15.5. The van der Waals surface area contributed by atoms with Crippen molar-refractivity contribution in [3.8, 4) is 17.3 Å². The van der Waals surface area contributed by atoms with Crippen LogP contribution in [-0.2, 0) is 11.3 Å². The van der Waals surface area contributed by atoms with E-state index in [1.165, 1.54) is 0 Å². The molecule has 1 atom stereocenters. The monoisotopic (exact) mass is 482 g/mol. The molecule has 2 amide bonds. The molecule has 1 aliphatic heterocycles. The summed E-state index contributed by atoms with van der Waals surface area (Å²) in [5, 5.41) is 8.29. The molecule has 1 aromatic heterocycles. The Bertz CT molecular complexity index is 1110. The number of nitrogens with one attached hydrogen (secondary N) is 1. The van der Waals surface area contributed by atoms with Gasteiger partial charge in [-0.1, -0.05) is 41.9 Å². The predicted octanol–water partition coefficient (Wildman–Crippen LogP) is 5.73. The lowest BCUT2D eigenvalue weighted by molar-refractivity contribution is 0.0789. The van der Waals surface area contributed by atoms with Crippen molar-refractivity contribution >= 4 is 17.6 Å². The van der Waals surface area contributed by atoms with Crippen LogP contribution in [-0.4, -0.2) is 46.0 Å². The van der Waals surface area contributed by atoms with Gasteiger partial charge in [0, 0.05) is 19.2 Å². The minimum atomic E-state index is -0.138. The molecule has 1 fully saturated rings. The van der Waals surface area contributed by atoms with Gasteiger partial charge < -0.3 is 19.7 Å². The minimum Gasteiger partial charge on any atom is -0.437 e. The number of aryl methyl sites for hydroxylation is 1. The van der Waals surface area contributed by atoms with Crippen LogP contribution in [0.15, 0.2) is 54.6 Å². The zero-order chi connectivity index (χ0) is 24.1. The number of urea groups is 1. The maximum absolute atomic E-state index is 13.1. The Kier molecular flexibility index (Phi) is 7.75. The van der Waals surface area contributed by atoms with Crippen molar-refractivity contribution in [3.63, 3.8) is 0 Å². The number of carbonyl (C=O) groups is 1. The number of nitrogens with zero attached hydrogens (tertiary/aromatic N) is 3. The van der Waals surface area contributed by atoms with Crippen molar-refractivity contribution in [1.29, 1.82) is 0 Å². The van der Waals surface area contributed by atoms with Crippen LogP contribution in [0.4, 0.5) is 4.79 Å². The number of hydrogen-bond acceptors (Lipinski definition) is 4. The number of ether oxygens (including phenoxy) is 2. The molecule has 34 heavy (non-hydrogen) atoms. The second kappa shape index (κ2) is 10.9. The van der Waals surface area contributed by atoms with Gasteiger partial charge in [-0.2, -0.15) is 5.10 Å². The molecule has 0 aliphatic carbocycles. The van der Waals surface area contributed by atoms with Crippen LogP contribution in [0, 0.1) is 6.92 Å². The van der Waals surface area contributed by atoms with Crippen LogP contribution < -0.4 is 10.1 Å². The number of halogens is 1. The molecular formula is C26H31ClN4O3. The van der Waals surface area contributed by atoms with Gasteiger partial charge in [0.05, 0.1) is 34.6 Å². The summed E-state index contributed by atoms with van der Waals surface area (Å²) in [5.41, 5.74) is 2.46. The molecule has 0 saturated carbocycles. The van der Waals surface area contributed by atoms with E-state index in [1.54, 1.807) is 15.6 Å². The second-order valence-corrected chi connectivity index (χ2v) is 9.18. The first-order valence-electron chi connectivity index (χ1n) is 11.7. The van der Waals surface area contributed by atoms with E-state index in [9.17, 15) is 4.79 Å². The van der Waals surface area contributed by atoms with Gasteiger partial charge in [0.15, 0.2) is 0 Å². The van der Waals surface area contributed by atoms with E-state index in [0.717, 1.165) is 36.4 Å². The van der Waals surface area contributed by atoms with E-state index < -0.39 is 0 Å². The van der Waals surface area contributed by atoms with Gasteiger partial charge in [0.25, 0.3) is 0 Å². The largest absolute Gasteiger partial charge is 0.437 e. The van der Waals surface area contributed by atoms with Crippen molar-refractivity contribution in [2.24, 2.45) is 0 Å². The number of benzene rings is 2. The SMILES string of the molecule is Cc1nn(-c2ccccc2)c(Oc2ccccc2Cl)c1CN(C[C@@H]1CCCO1)C(=O)NC(C)C. The van der Waals surface area contributed by atoms with Crippen molar-refractivity contribution in [3.05, 3.63) is 70.9 Å². The summed E-state index contributed by atoms with van der Waals surface area (Å²) in [7, 11) is 0. The quantitative estimate of drug-likeness (QED) is 0.445. The van der Waals surface area contributed by atoms with Gasteiger partial charge in [-0.05, 0) is 57.9 Å². The Labute approximate surface area is 205 Å². The summed E-state index contributed by atoms with van der Waals surface area (Å²) >= 11 is 6.41. The van der Waals surface area contributed by atoms with Crippen LogP contribution >= 0.6 is 11.6 Å². The molecule has 0 spiro atoms. The van der Waals surface area contributed by atoms with E-state index in [-0.39, 0.29) is 18.2 Å². The average Bonchev–Trinajstić information content (AvgIpc) is 3.43. The van der Waals surface area contributed by atoms with E-state index in [4.69, 9.17) is 26.2 Å². The Morgan fingerprint density at radius 1 is 1.24 bits per heavy atom. The molecule has 0 radical (unpaired) electrons. The third kappa shape index (κ3) is 5.72. The highest BCUT2D eigenvalue weighted by Gasteiger charge is 2.27. The highest BCUT2D eigenvalue weighted by Crippen LogP contribution is 2.35. The molecule has 3 aromatic rings. The molecule has 2 aromatic carbocycles. The molecule has 180 valence electrons. The van der Waals surface area contributed by atoms with Crippen molar-refractivity contribution in [1.82, 2.24) is 20.0 Å². The number of amides is 2. The van der Waals surface area contributed by atoms with Crippen LogP contribution in [0.3, 0.4) is 0 Å². The van der Waals surface area contributed by atoms with E-state index in [1.807, 2.05) is 69.3 Å². The maximum Gasteiger partial charge on any atom is 0.317 e. The summed E-state index contributed by atoms with van der Waals surface area (Å²) < 4.78 is 14.0. The maximum atomic E-state index is 13.1. The smallest absolute Gasteiger partial charge is 0.317 e. The van der Waals surface area contributed by atoms with Gasteiger partial charge in [0.2, 0.25) is 5.88 Å². The molecule has 0 unspecified atom stereocenters. The first-order chi connectivity index (χ1) is 16.4. The molecular weight excluding hydrogens is 452 g/mol. The summed E-state index contributed by atoms with van der Waals surface area (Å²) in [5.74, 6) is 1.06. The third-order valence-corrected chi connectivity index (χ3v) is 5.99. The van der Waals surface area contributed by atoms with Gasteiger partial charge >= 0.3 is 6.03 Å². The fraction of sp³-hybridized carbons (Fsp3) is 0.385. The summed E-state index contributed by atoms with van der Waals surface area (Å²) in [6.07, 6.45) is 1.97. The topological polar surface area (TPSA) is 68.6 Å². The Balaban J connectivity index is 1.73. The fourth-order valence-corrected chi connectivity index (χ4v) is 4.16. The van der Waals surface area contributed by atoms with Crippen molar-refractivity contribution < 1.29 is 14.3 Å². The predicted molar refractivity (Wildman–Crippen MR) is 133 cm³/mol. The Hall–Kier alpha value is -3.03. The molecule has 1 aliphatic rings. The molecule has 2 heterocycles. The zero-order valence-corrected chi connectivity index (χ0v) is 20.6. The standard InChI is InChI=1S/C26H31ClN4O3/c1-18(2)28-26(32)30(16-21-12-9-15-33-21)17-22-19(3)29-31(20-10-5-4-6-11-20)25(22)34-24-14-8-7-13-23(24)27/h4-8,10-11,13-14,18,21H,9,12,15-17H2,1-3H3,(H,28,32)/t21-/m0/s1. The number of para-hydroxylation sites is 2. The van der Waals surface area contributed by atoms with Gasteiger partial charge in [-0.15, -0.1) is 0 Å². The van der Waals surface area contributed by atoms with Crippen LogP contribution in [0.25, 0.3) is 5.69 Å². The van der Waals surface area contributed by atoms with Crippen LogP contribution in [0.2, 0.25) is 5.02 Å². The number of carbonyl (C=O) groups excluding carboxylic acids is 1. The van der Waals surface area contributed by atoms with Gasteiger partial charge in [0.1, 0.15) is 5.75 Å². The second-order valence-electron chi connectivity index (χ2n) is 8.77. The summed E-state index contributed by atoms with van der Waals surface area (Å²) in [4.78, 5) is 14.9. The fourth-order valence-electron chi connectivity index (χ4n) is 3.98. The molecule has 1 saturated heterocycles. The van der Waals surface area contributed by atoms with Gasteiger partial charge in [-0.25, -0.2) is 9.48 Å². The number of aromatic nitrogens is 2. The van der Waals surface area contributed by atoms with E-state index in [2.05, 4.69) is 5.32 Å². The highest BCUT2D eigenvalue weighted by atomic mass is 35.5. The molecule has 4 rings (SSSR count). The minimum absolute atomic E-state index is 0.0199. The van der Waals surface area contributed by atoms with Crippen molar-refractivity contribution in [2.75, 3.05) is 13.2 Å². The lowest BCUT2D eigenvalue weighted by Crippen LogP contribution is -2.45. The van der Waals surface area contributed by atoms with Crippen molar-refractivity contribution in [2.45, 2.75) is 52.3 Å². The first kappa shape index (κ1) is 24.1. The average molecular weight is 483 g/mol. The van der Waals surface area contributed by atoms with E-state index in [0.29, 0.717) is 29.7 Å². The molecule has 8 heteroatoms. The molecule has 7 nitrogen and oxygen atoms in total. The lowest BCUT2D eigenvalue weighted by Gasteiger charge is -2.27. The Morgan fingerprint density at radius 3 is 2.65 bits per heavy atom. The lowest BCUT2D eigenvalue weighted by atomic mass is 10.2. The summed E-state index contributed by atoms with van der Waals surface area (Å²) in [6, 6.07) is 17.0. The number of hydrogen-bond donors (Lipinski definition) is 1. The summed E-state index contributed by atoms with van der Waals surface area (Å²) in [6.45, 7) is 7.39. The van der Waals surface area contributed by atoms with Gasteiger partial charge in [-0.3, -0.25) is 0 Å². The van der Waals surface area contributed by atoms with Crippen LogP contribution in [0.5, 0.6) is 11.6 Å². The highest BCUT2D eigenvalue weighted by molar-refractivity contribution is 6.32. The van der Waals surface area contributed by atoms with Crippen LogP contribution in [0.1, 0.15) is 37.9 Å². The zero-order valence-electron chi connectivity index (χ0n) is 19.8. The van der Waals surface area contributed by atoms with E-state index >= 15 is 0 Å². The number of rotatable bonds is 8.